The largest absolute Gasteiger partial charge is 0.491 e. The van der Waals surface area contributed by atoms with Crippen LogP contribution in [0.1, 0.15) is 29.4 Å². The summed E-state index contributed by atoms with van der Waals surface area (Å²) in [7, 11) is 0. The van der Waals surface area contributed by atoms with Gasteiger partial charge in [-0.3, -0.25) is 0 Å². The number of hydrogen-bond donors (Lipinski definition) is 1. The number of hydrogen-bond acceptors (Lipinski definition) is 3. The van der Waals surface area contributed by atoms with Crippen LogP contribution in [0, 0.1) is 20.8 Å². The van der Waals surface area contributed by atoms with Gasteiger partial charge in [0.05, 0.1) is 6.54 Å². The average Bonchev–Trinajstić information content (AvgIpc) is 2.85. The molecule has 2 aromatic rings. The summed E-state index contributed by atoms with van der Waals surface area (Å²) in [5.41, 5.74) is 3.71. The van der Waals surface area contributed by atoms with Gasteiger partial charge in [-0.2, -0.15) is 0 Å². The Labute approximate surface area is 127 Å². The molecular weight excluding hydrogens is 262 g/mol. The fourth-order valence-corrected chi connectivity index (χ4v) is 2.53. The lowest BCUT2D eigenvalue weighted by Gasteiger charge is -2.15. The van der Waals surface area contributed by atoms with E-state index in [1.807, 2.05) is 19.3 Å². The van der Waals surface area contributed by atoms with Crippen LogP contribution in [0.2, 0.25) is 0 Å². The molecule has 0 saturated carbocycles. The summed E-state index contributed by atoms with van der Waals surface area (Å²) in [6, 6.07) is 4.40. The predicted octanol–water partition coefficient (Wildman–Crippen LogP) is 3.00. The molecule has 0 saturated heterocycles. The molecule has 0 bridgehead atoms. The maximum Gasteiger partial charge on any atom is 0.125 e. The second-order valence-electron chi connectivity index (χ2n) is 5.36. The van der Waals surface area contributed by atoms with Crippen molar-refractivity contribution in [3.8, 4) is 5.75 Å². The summed E-state index contributed by atoms with van der Waals surface area (Å²) in [5, 5.41) is 3.36. The summed E-state index contributed by atoms with van der Waals surface area (Å²) in [6.07, 6.45) is 3.80. The molecule has 0 atom stereocenters. The van der Waals surface area contributed by atoms with Crippen molar-refractivity contribution in [3.63, 3.8) is 0 Å². The first-order valence-electron chi connectivity index (χ1n) is 7.53. The van der Waals surface area contributed by atoms with Crippen molar-refractivity contribution in [2.75, 3.05) is 13.2 Å². The van der Waals surface area contributed by atoms with E-state index in [0.717, 1.165) is 31.2 Å². The Hall–Kier alpha value is -1.81. The molecule has 1 aromatic heterocycles. The van der Waals surface area contributed by atoms with Crippen LogP contribution in [0.15, 0.2) is 24.5 Å². The molecule has 1 aromatic carbocycles. The van der Waals surface area contributed by atoms with Gasteiger partial charge in [-0.25, -0.2) is 4.98 Å². The number of nitrogens with one attached hydrogen (secondary N) is 1. The maximum absolute atomic E-state index is 5.99. The number of imidazole rings is 1. The van der Waals surface area contributed by atoms with Crippen molar-refractivity contribution in [3.05, 3.63) is 47.0 Å². The highest BCUT2D eigenvalue weighted by molar-refractivity contribution is 5.43. The number of ether oxygens (including phenoxy) is 1. The summed E-state index contributed by atoms with van der Waals surface area (Å²) in [5.74, 6) is 2.03. The first kappa shape index (κ1) is 15.6. The van der Waals surface area contributed by atoms with E-state index in [-0.39, 0.29) is 0 Å². The third-order valence-electron chi connectivity index (χ3n) is 3.60. The van der Waals surface area contributed by atoms with E-state index in [9.17, 15) is 0 Å². The summed E-state index contributed by atoms with van der Waals surface area (Å²) in [4.78, 5) is 4.22. The molecule has 0 aliphatic heterocycles. The molecule has 0 aliphatic rings. The first-order chi connectivity index (χ1) is 10.1. The molecule has 0 aliphatic carbocycles. The second-order valence-corrected chi connectivity index (χ2v) is 5.36. The summed E-state index contributed by atoms with van der Waals surface area (Å²) < 4.78 is 8.09. The Balaban J connectivity index is 1.98. The highest BCUT2D eigenvalue weighted by Crippen LogP contribution is 2.24. The fourth-order valence-electron chi connectivity index (χ4n) is 2.53. The molecule has 114 valence electrons. The number of aryl methyl sites for hydroxylation is 3. The Kier molecular flexibility index (Phi) is 5.39. The zero-order chi connectivity index (χ0) is 15.2. The van der Waals surface area contributed by atoms with Crippen LogP contribution >= 0.6 is 0 Å². The monoisotopic (exact) mass is 287 g/mol. The van der Waals surface area contributed by atoms with Gasteiger partial charge >= 0.3 is 0 Å². The predicted molar refractivity (Wildman–Crippen MR) is 85.8 cm³/mol. The fraction of sp³-hybridized carbons (Fsp3) is 0.471. The third-order valence-corrected chi connectivity index (χ3v) is 3.60. The Morgan fingerprint density at radius 1 is 1.19 bits per heavy atom. The van der Waals surface area contributed by atoms with Crippen LogP contribution in [0.25, 0.3) is 0 Å². The standard InChI is InChI=1S/C17H25N3O/c1-5-18-12-16-10-13(2)17(14(3)11-16)21-9-8-20-7-6-19-15(20)4/h6-7,10-11,18H,5,8-9,12H2,1-4H3. The Bertz CT molecular complexity index is 566. The van der Waals surface area contributed by atoms with Crippen LogP contribution < -0.4 is 10.1 Å². The maximum atomic E-state index is 5.99. The molecule has 4 heteroatoms. The SMILES string of the molecule is CCNCc1cc(C)c(OCCn2ccnc2C)c(C)c1. The lowest BCUT2D eigenvalue weighted by Crippen LogP contribution is -2.13. The molecule has 4 nitrogen and oxygen atoms in total. The van der Waals surface area contributed by atoms with Crippen LogP contribution in [-0.2, 0) is 13.1 Å². The van der Waals surface area contributed by atoms with E-state index in [1.165, 1.54) is 16.7 Å². The smallest absolute Gasteiger partial charge is 0.125 e. The van der Waals surface area contributed by atoms with E-state index in [2.05, 4.69) is 47.8 Å². The van der Waals surface area contributed by atoms with Gasteiger partial charge in [0.25, 0.3) is 0 Å². The minimum absolute atomic E-state index is 0.658. The highest BCUT2D eigenvalue weighted by Gasteiger charge is 2.07. The zero-order valence-electron chi connectivity index (χ0n) is 13.4. The highest BCUT2D eigenvalue weighted by atomic mass is 16.5. The van der Waals surface area contributed by atoms with Gasteiger partial charge < -0.3 is 14.6 Å². The molecule has 1 heterocycles. The molecule has 2 rings (SSSR count). The minimum atomic E-state index is 0.658. The minimum Gasteiger partial charge on any atom is -0.491 e. The van der Waals surface area contributed by atoms with Gasteiger partial charge in [0.15, 0.2) is 0 Å². The lowest BCUT2D eigenvalue weighted by molar-refractivity contribution is 0.293. The molecule has 0 spiro atoms. The Morgan fingerprint density at radius 3 is 2.48 bits per heavy atom. The number of nitrogens with zero attached hydrogens (tertiary/aromatic N) is 2. The Morgan fingerprint density at radius 2 is 1.90 bits per heavy atom. The van der Waals surface area contributed by atoms with Crippen molar-refractivity contribution in [1.82, 2.24) is 14.9 Å². The van der Waals surface area contributed by atoms with Gasteiger partial charge in [0.1, 0.15) is 18.2 Å². The van der Waals surface area contributed by atoms with E-state index in [1.54, 1.807) is 0 Å². The summed E-state index contributed by atoms with van der Waals surface area (Å²) >= 11 is 0. The topological polar surface area (TPSA) is 39.1 Å². The van der Waals surface area contributed by atoms with E-state index in [0.29, 0.717) is 6.61 Å². The zero-order valence-corrected chi connectivity index (χ0v) is 13.4. The normalized spacial score (nSPS) is 10.9. The van der Waals surface area contributed by atoms with E-state index < -0.39 is 0 Å². The van der Waals surface area contributed by atoms with Crippen molar-refractivity contribution in [1.29, 1.82) is 0 Å². The van der Waals surface area contributed by atoms with Gasteiger partial charge in [0, 0.05) is 18.9 Å². The number of rotatable bonds is 7. The second kappa shape index (κ2) is 7.27. The number of benzene rings is 1. The van der Waals surface area contributed by atoms with Crippen LogP contribution in [-0.4, -0.2) is 22.7 Å². The van der Waals surface area contributed by atoms with Crippen molar-refractivity contribution >= 4 is 0 Å². The van der Waals surface area contributed by atoms with Crippen molar-refractivity contribution in [2.45, 2.75) is 40.8 Å². The quantitative estimate of drug-likeness (QED) is 0.851. The van der Waals surface area contributed by atoms with E-state index >= 15 is 0 Å². The average molecular weight is 287 g/mol. The molecule has 1 N–H and O–H groups in total. The van der Waals surface area contributed by atoms with Gasteiger partial charge in [-0.05, 0) is 44.0 Å². The van der Waals surface area contributed by atoms with Gasteiger partial charge in [-0.1, -0.05) is 19.1 Å². The lowest BCUT2D eigenvalue weighted by atomic mass is 10.1. The first-order valence-corrected chi connectivity index (χ1v) is 7.53. The number of aromatic nitrogens is 2. The van der Waals surface area contributed by atoms with Crippen molar-refractivity contribution < 1.29 is 4.74 Å². The van der Waals surface area contributed by atoms with Crippen LogP contribution in [0.3, 0.4) is 0 Å². The molecule has 21 heavy (non-hydrogen) atoms. The molecule has 0 unspecified atom stereocenters. The van der Waals surface area contributed by atoms with E-state index in [4.69, 9.17) is 4.74 Å². The third kappa shape index (κ3) is 4.08. The molecule has 0 amide bonds. The van der Waals surface area contributed by atoms with Crippen LogP contribution in [0.5, 0.6) is 5.75 Å². The molecular formula is C17H25N3O. The summed E-state index contributed by atoms with van der Waals surface area (Å²) in [6.45, 7) is 11.7. The van der Waals surface area contributed by atoms with Gasteiger partial charge in [-0.15, -0.1) is 0 Å². The van der Waals surface area contributed by atoms with Gasteiger partial charge in [0.2, 0.25) is 0 Å². The molecule has 0 radical (unpaired) electrons. The van der Waals surface area contributed by atoms with Crippen molar-refractivity contribution in [2.24, 2.45) is 0 Å². The molecule has 0 fully saturated rings. The van der Waals surface area contributed by atoms with Crippen LogP contribution in [0.4, 0.5) is 0 Å².